The standard InChI is InChI=1S/C23H44N8O5/c1-14(2)13-18(31-19(32)15-8-5-11-27-15)21(34)29-16(7-3-4-10-24)20(33)30-17(22(35)36)9-6-12-28-23(25)26/h14-18,27H,3-13,24H2,1-2H3,(H,29,34)(H,30,33)(H,31,32)(H,35,36)(H4,25,26,28). The fraction of sp³-hybridized carbons (Fsp3) is 0.783. The number of hydrogen-bond donors (Lipinski definition) is 8. The van der Waals surface area contributed by atoms with Crippen LogP contribution in [-0.4, -0.2) is 78.6 Å². The first-order valence-corrected chi connectivity index (χ1v) is 12.7. The Bertz CT molecular complexity index is 751. The minimum atomic E-state index is -1.20. The summed E-state index contributed by atoms with van der Waals surface area (Å²) in [5.74, 6) is -2.52. The molecule has 4 atom stereocenters. The topological polar surface area (TPSA) is 227 Å². The highest BCUT2D eigenvalue weighted by Crippen LogP contribution is 2.11. The van der Waals surface area contributed by atoms with E-state index in [4.69, 9.17) is 17.2 Å². The molecule has 0 aromatic heterocycles. The summed E-state index contributed by atoms with van der Waals surface area (Å²) in [5, 5.41) is 20.7. The monoisotopic (exact) mass is 512 g/mol. The van der Waals surface area contributed by atoms with Gasteiger partial charge in [0.1, 0.15) is 18.1 Å². The summed E-state index contributed by atoms with van der Waals surface area (Å²) in [4.78, 5) is 54.3. The normalized spacial score (nSPS) is 17.6. The zero-order valence-electron chi connectivity index (χ0n) is 21.4. The minimum Gasteiger partial charge on any atom is -0.480 e. The number of nitrogens with zero attached hydrogens (tertiary/aromatic N) is 1. The van der Waals surface area contributed by atoms with Gasteiger partial charge in [-0.2, -0.15) is 0 Å². The minimum absolute atomic E-state index is 0.0969. The molecule has 0 spiro atoms. The summed E-state index contributed by atoms with van der Waals surface area (Å²) >= 11 is 0. The second kappa shape index (κ2) is 16.7. The van der Waals surface area contributed by atoms with E-state index in [-0.39, 0.29) is 43.2 Å². The summed E-state index contributed by atoms with van der Waals surface area (Å²) in [6, 6.07) is -3.30. The van der Waals surface area contributed by atoms with Gasteiger partial charge >= 0.3 is 5.97 Å². The fourth-order valence-corrected chi connectivity index (χ4v) is 3.95. The Balaban J connectivity index is 2.88. The van der Waals surface area contributed by atoms with Gasteiger partial charge < -0.3 is 43.6 Å². The summed E-state index contributed by atoms with van der Waals surface area (Å²) < 4.78 is 0. The van der Waals surface area contributed by atoms with Crippen molar-refractivity contribution in [3.63, 3.8) is 0 Å². The number of guanidine groups is 1. The van der Waals surface area contributed by atoms with Crippen LogP contribution in [-0.2, 0) is 19.2 Å². The molecule has 13 nitrogen and oxygen atoms in total. The first-order valence-electron chi connectivity index (χ1n) is 12.7. The molecule has 36 heavy (non-hydrogen) atoms. The Hall–Kier alpha value is -2.93. The molecule has 1 rings (SSSR count). The number of aliphatic imine (C=N–C) groups is 1. The van der Waals surface area contributed by atoms with Crippen molar-refractivity contribution in [1.29, 1.82) is 0 Å². The molecular weight excluding hydrogens is 468 g/mol. The highest BCUT2D eigenvalue weighted by molar-refractivity contribution is 5.94. The molecule has 0 saturated carbocycles. The summed E-state index contributed by atoms with van der Waals surface area (Å²) in [6.45, 7) is 5.27. The quantitative estimate of drug-likeness (QED) is 0.0643. The van der Waals surface area contributed by atoms with Crippen molar-refractivity contribution in [2.75, 3.05) is 19.6 Å². The van der Waals surface area contributed by atoms with Crippen molar-refractivity contribution in [2.24, 2.45) is 28.1 Å². The number of carbonyl (C=O) groups is 4. The lowest BCUT2D eigenvalue weighted by Crippen LogP contribution is -2.57. The van der Waals surface area contributed by atoms with E-state index < -0.39 is 35.9 Å². The van der Waals surface area contributed by atoms with Gasteiger partial charge in [0.15, 0.2) is 5.96 Å². The van der Waals surface area contributed by atoms with Crippen LogP contribution in [0.15, 0.2) is 4.99 Å². The van der Waals surface area contributed by atoms with Crippen molar-refractivity contribution in [2.45, 2.75) is 89.4 Å². The Kier molecular flexibility index (Phi) is 14.4. The zero-order valence-corrected chi connectivity index (χ0v) is 21.4. The number of carboxylic acid groups (broad SMARTS) is 1. The number of nitrogens with one attached hydrogen (secondary N) is 4. The highest BCUT2D eigenvalue weighted by atomic mass is 16.4. The molecule has 1 fully saturated rings. The molecule has 0 radical (unpaired) electrons. The maximum absolute atomic E-state index is 13.2. The van der Waals surface area contributed by atoms with E-state index in [2.05, 4.69) is 26.3 Å². The average Bonchev–Trinajstić information content (AvgIpc) is 3.34. The first-order chi connectivity index (χ1) is 17.0. The number of hydrogen-bond acceptors (Lipinski definition) is 7. The lowest BCUT2D eigenvalue weighted by atomic mass is 10.0. The van der Waals surface area contributed by atoms with E-state index in [0.29, 0.717) is 38.6 Å². The van der Waals surface area contributed by atoms with Gasteiger partial charge in [-0.05, 0) is 70.4 Å². The predicted octanol–water partition coefficient (Wildman–Crippen LogP) is -1.49. The van der Waals surface area contributed by atoms with Crippen LogP contribution in [0.4, 0.5) is 0 Å². The van der Waals surface area contributed by atoms with Gasteiger partial charge in [0.2, 0.25) is 17.7 Å². The molecule has 206 valence electrons. The van der Waals surface area contributed by atoms with Gasteiger partial charge in [0, 0.05) is 6.54 Å². The maximum Gasteiger partial charge on any atom is 0.326 e. The van der Waals surface area contributed by atoms with Crippen LogP contribution in [0.3, 0.4) is 0 Å². The van der Waals surface area contributed by atoms with Crippen molar-refractivity contribution < 1.29 is 24.3 Å². The molecule has 1 heterocycles. The summed E-state index contributed by atoms with van der Waals surface area (Å²) in [6.07, 6.45) is 3.92. The molecule has 0 aromatic carbocycles. The molecule has 1 aliphatic rings. The summed E-state index contributed by atoms with van der Waals surface area (Å²) in [7, 11) is 0. The van der Waals surface area contributed by atoms with Crippen LogP contribution < -0.4 is 38.5 Å². The van der Waals surface area contributed by atoms with E-state index >= 15 is 0 Å². The van der Waals surface area contributed by atoms with E-state index in [1.807, 2.05) is 13.8 Å². The Morgan fingerprint density at radius 3 is 2.17 bits per heavy atom. The number of amides is 3. The number of aliphatic carboxylic acids is 1. The van der Waals surface area contributed by atoms with Crippen molar-refractivity contribution >= 4 is 29.7 Å². The second-order valence-electron chi connectivity index (χ2n) is 9.53. The third-order valence-electron chi connectivity index (χ3n) is 5.86. The molecule has 13 heteroatoms. The third kappa shape index (κ3) is 12.2. The molecular formula is C23H44N8O5. The van der Waals surface area contributed by atoms with Gasteiger partial charge in [-0.25, -0.2) is 4.79 Å². The van der Waals surface area contributed by atoms with Gasteiger partial charge in [0.05, 0.1) is 6.04 Å². The SMILES string of the molecule is CC(C)CC(NC(=O)C1CCCN1)C(=O)NC(CCCCN)C(=O)NC(CCCN=C(N)N)C(=O)O. The Labute approximate surface area is 212 Å². The zero-order chi connectivity index (χ0) is 27.1. The molecule has 0 aromatic rings. The third-order valence-corrected chi connectivity index (χ3v) is 5.86. The van der Waals surface area contributed by atoms with E-state index in [9.17, 15) is 24.3 Å². The molecule has 1 aliphatic heterocycles. The molecule has 0 aliphatic carbocycles. The van der Waals surface area contributed by atoms with Crippen molar-refractivity contribution in [3.8, 4) is 0 Å². The van der Waals surface area contributed by atoms with Crippen LogP contribution in [0.1, 0.15) is 65.2 Å². The van der Waals surface area contributed by atoms with Gasteiger partial charge in [0.25, 0.3) is 0 Å². The number of unbranched alkanes of at least 4 members (excludes halogenated alkanes) is 1. The van der Waals surface area contributed by atoms with E-state index in [1.54, 1.807) is 0 Å². The van der Waals surface area contributed by atoms with Gasteiger partial charge in [-0.1, -0.05) is 13.8 Å². The molecule has 4 unspecified atom stereocenters. The fourth-order valence-electron chi connectivity index (χ4n) is 3.95. The number of rotatable bonds is 17. The van der Waals surface area contributed by atoms with Crippen LogP contribution in [0.2, 0.25) is 0 Å². The number of carboxylic acids is 1. The van der Waals surface area contributed by atoms with Crippen LogP contribution >= 0.6 is 0 Å². The second-order valence-corrected chi connectivity index (χ2v) is 9.53. The molecule has 0 bridgehead atoms. The smallest absolute Gasteiger partial charge is 0.326 e. The van der Waals surface area contributed by atoms with E-state index in [0.717, 1.165) is 13.0 Å². The van der Waals surface area contributed by atoms with Gasteiger partial charge in [-0.3, -0.25) is 19.4 Å². The Morgan fingerprint density at radius 1 is 0.972 bits per heavy atom. The maximum atomic E-state index is 13.2. The van der Waals surface area contributed by atoms with Crippen LogP contribution in [0, 0.1) is 5.92 Å². The number of nitrogens with two attached hydrogens (primary N) is 3. The lowest BCUT2D eigenvalue weighted by molar-refractivity contribution is -0.142. The predicted molar refractivity (Wildman–Crippen MR) is 137 cm³/mol. The lowest BCUT2D eigenvalue weighted by Gasteiger charge is -2.26. The van der Waals surface area contributed by atoms with Crippen LogP contribution in [0.5, 0.6) is 0 Å². The summed E-state index contributed by atoms with van der Waals surface area (Å²) in [5.41, 5.74) is 16.1. The van der Waals surface area contributed by atoms with E-state index in [1.165, 1.54) is 0 Å². The Morgan fingerprint density at radius 2 is 1.61 bits per heavy atom. The highest BCUT2D eigenvalue weighted by Gasteiger charge is 2.31. The molecule has 11 N–H and O–H groups in total. The largest absolute Gasteiger partial charge is 0.480 e. The van der Waals surface area contributed by atoms with Crippen LogP contribution in [0.25, 0.3) is 0 Å². The van der Waals surface area contributed by atoms with Gasteiger partial charge in [-0.15, -0.1) is 0 Å². The molecule has 1 saturated heterocycles. The molecule has 3 amide bonds. The van der Waals surface area contributed by atoms with Crippen molar-refractivity contribution in [1.82, 2.24) is 21.3 Å². The average molecular weight is 513 g/mol. The first kappa shape index (κ1) is 31.1. The van der Waals surface area contributed by atoms with Crippen molar-refractivity contribution in [3.05, 3.63) is 0 Å². The number of carbonyl (C=O) groups excluding carboxylic acids is 3.